The van der Waals surface area contributed by atoms with E-state index in [1.165, 1.54) is 5.48 Å². The number of carbonyl (C=O) groups excluding carboxylic acids is 2. The molecular weight excluding hydrogens is 274 g/mol. The van der Waals surface area contributed by atoms with Crippen LogP contribution in [0.15, 0.2) is 24.3 Å². The van der Waals surface area contributed by atoms with Gasteiger partial charge in [-0.15, -0.1) is 0 Å². The Kier molecular flexibility index (Phi) is 9.52. The van der Waals surface area contributed by atoms with Crippen molar-refractivity contribution in [1.82, 2.24) is 21.6 Å². The molecule has 8 nitrogen and oxygen atoms in total. The van der Waals surface area contributed by atoms with Crippen molar-refractivity contribution in [2.75, 3.05) is 7.05 Å². The number of amides is 3. The van der Waals surface area contributed by atoms with E-state index in [4.69, 9.17) is 5.21 Å². The van der Waals surface area contributed by atoms with Crippen LogP contribution in [0.25, 0.3) is 0 Å². The molecular formula is C13H23N5O3. The summed E-state index contributed by atoms with van der Waals surface area (Å²) in [6, 6.07) is 6.79. The first-order valence-electron chi connectivity index (χ1n) is 6.39. The molecule has 21 heavy (non-hydrogen) atoms. The van der Waals surface area contributed by atoms with E-state index in [-0.39, 0.29) is 11.9 Å². The Morgan fingerprint density at radius 1 is 1.24 bits per heavy atom. The minimum Gasteiger partial charge on any atom is -0.350 e. The molecule has 0 saturated carbocycles. The molecule has 0 radical (unpaired) electrons. The highest BCUT2D eigenvalue weighted by molar-refractivity contribution is 5.94. The van der Waals surface area contributed by atoms with Crippen LogP contribution in [-0.2, 0) is 6.54 Å². The summed E-state index contributed by atoms with van der Waals surface area (Å²) in [5.41, 5.74) is 13.1. The van der Waals surface area contributed by atoms with Gasteiger partial charge in [-0.05, 0) is 38.6 Å². The third kappa shape index (κ3) is 9.38. The average molecular weight is 297 g/mol. The van der Waals surface area contributed by atoms with Gasteiger partial charge in [0, 0.05) is 18.2 Å². The van der Waals surface area contributed by atoms with Crippen molar-refractivity contribution in [3.05, 3.63) is 35.4 Å². The van der Waals surface area contributed by atoms with Gasteiger partial charge < -0.3 is 11.1 Å². The number of nitrogens with one attached hydrogen (secondary N) is 4. The Morgan fingerprint density at radius 2 is 1.76 bits per heavy atom. The molecule has 0 spiro atoms. The zero-order valence-corrected chi connectivity index (χ0v) is 12.4. The Labute approximate surface area is 124 Å². The van der Waals surface area contributed by atoms with Crippen molar-refractivity contribution < 1.29 is 14.8 Å². The number of hydrazine groups is 1. The predicted octanol–water partition coefficient (Wildman–Crippen LogP) is 0.0927. The first kappa shape index (κ1) is 18.8. The van der Waals surface area contributed by atoms with Gasteiger partial charge in [0.1, 0.15) is 0 Å². The second kappa shape index (κ2) is 10.6. The molecule has 1 rings (SSSR count). The van der Waals surface area contributed by atoms with Crippen LogP contribution >= 0.6 is 0 Å². The molecule has 0 fully saturated rings. The summed E-state index contributed by atoms with van der Waals surface area (Å²) in [7, 11) is 1.82. The summed E-state index contributed by atoms with van der Waals surface area (Å²) in [6.45, 7) is 4.63. The van der Waals surface area contributed by atoms with E-state index in [9.17, 15) is 9.59 Å². The highest BCUT2D eigenvalue weighted by Gasteiger charge is 2.05. The highest BCUT2D eigenvalue weighted by Crippen LogP contribution is 2.04. The Balaban J connectivity index is 0.000000690. The lowest BCUT2D eigenvalue weighted by atomic mass is 10.1. The van der Waals surface area contributed by atoms with Gasteiger partial charge in [-0.3, -0.25) is 20.9 Å². The van der Waals surface area contributed by atoms with Crippen LogP contribution in [0.1, 0.15) is 29.8 Å². The van der Waals surface area contributed by atoms with Gasteiger partial charge in [0.25, 0.3) is 5.91 Å². The molecule has 7 N–H and O–H groups in total. The maximum atomic E-state index is 11.6. The molecule has 0 aliphatic heterocycles. The maximum Gasteiger partial charge on any atom is 0.335 e. The Morgan fingerprint density at radius 3 is 2.14 bits per heavy atom. The number of urea groups is 1. The van der Waals surface area contributed by atoms with Gasteiger partial charge in [-0.2, -0.15) is 0 Å². The van der Waals surface area contributed by atoms with Gasteiger partial charge in [0.15, 0.2) is 0 Å². The van der Waals surface area contributed by atoms with Crippen LogP contribution in [0, 0.1) is 0 Å². The van der Waals surface area contributed by atoms with Crippen LogP contribution in [0.4, 0.5) is 4.79 Å². The van der Waals surface area contributed by atoms with E-state index < -0.39 is 6.03 Å². The molecule has 0 aliphatic rings. The zero-order valence-electron chi connectivity index (χ0n) is 12.4. The lowest BCUT2D eigenvalue weighted by molar-refractivity contribution is 0.0943. The molecule has 1 aromatic carbocycles. The summed E-state index contributed by atoms with van der Waals surface area (Å²) < 4.78 is 0. The van der Waals surface area contributed by atoms with Crippen molar-refractivity contribution in [2.45, 2.75) is 26.4 Å². The summed E-state index contributed by atoms with van der Waals surface area (Å²) in [6.07, 6.45) is 0. The molecule has 0 heterocycles. The number of hydrogen-bond acceptors (Lipinski definition) is 5. The van der Waals surface area contributed by atoms with E-state index in [2.05, 4.69) is 21.9 Å². The lowest BCUT2D eigenvalue weighted by Gasteiger charge is -2.09. The third-order valence-electron chi connectivity index (χ3n) is 2.22. The largest absolute Gasteiger partial charge is 0.350 e. The first-order valence-corrected chi connectivity index (χ1v) is 6.39. The fourth-order valence-corrected chi connectivity index (χ4v) is 1.31. The van der Waals surface area contributed by atoms with Crippen LogP contribution in [-0.4, -0.2) is 30.2 Å². The number of hydrogen-bond donors (Lipinski definition) is 6. The van der Waals surface area contributed by atoms with Gasteiger partial charge in [-0.25, -0.2) is 10.3 Å². The molecule has 0 unspecified atom stereocenters. The van der Waals surface area contributed by atoms with E-state index in [0.717, 1.165) is 12.1 Å². The van der Waals surface area contributed by atoms with E-state index in [0.29, 0.717) is 5.56 Å². The van der Waals surface area contributed by atoms with Crippen LogP contribution in [0.3, 0.4) is 0 Å². The molecule has 118 valence electrons. The summed E-state index contributed by atoms with van der Waals surface area (Å²) >= 11 is 0. The predicted molar refractivity (Wildman–Crippen MR) is 79.4 cm³/mol. The molecule has 8 heteroatoms. The fraction of sp³-hybridized carbons (Fsp3) is 0.385. The van der Waals surface area contributed by atoms with E-state index >= 15 is 0 Å². The van der Waals surface area contributed by atoms with Gasteiger partial charge in [0.2, 0.25) is 0 Å². The monoisotopic (exact) mass is 297 g/mol. The summed E-state index contributed by atoms with van der Waals surface area (Å²) in [5, 5.41) is 10.3. The van der Waals surface area contributed by atoms with E-state index in [1.54, 1.807) is 0 Å². The van der Waals surface area contributed by atoms with Crippen LogP contribution in [0.2, 0.25) is 0 Å². The number of hydroxylamine groups is 1. The number of primary amides is 1. The second-order valence-corrected chi connectivity index (χ2v) is 4.40. The highest BCUT2D eigenvalue weighted by atomic mass is 16.5. The second-order valence-electron chi connectivity index (χ2n) is 4.40. The molecule has 1 aromatic rings. The first-order chi connectivity index (χ1) is 9.90. The van der Waals surface area contributed by atoms with Crippen LogP contribution < -0.4 is 27.4 Å². The third-order valence-corrected chi connectivity index (χ3v) is 2.22. The van der Waals surface area contributed by atoms with Gasteiger partial charge >= 0.3 is 6.03 Å². The van der Waals surface area contributed by atoms with E-state index in [1.807, 2.05) is 45.2 Å². The molecule has 0 aromatic heterocycles. The number of nitrogens with two attached hydrogens (primary N) is 1. The summed E-state index contributed by atoms with van der Waals surface area (Å²) in [4.78, 5) is 20.9. The van der Waals surface area contributed by atoms with Crippen molar-refractivity contribution in [3.63, 3.8) is 0 Å². The van der Waals surface area contributed by atoms with Crippen molar-refractivity contribution in [3.8, 4) is 0 Å². The standard InChI is InChI=1S/C12H19N3O.CH4N2O2/c1-9(2)15-12(16)11-6-4-10(5-7-11)8-14-13-3;2-1(4)3-5/h4-7,9,13-14H,8H2,1-3H3,(H,15,16);5H,(H3,2,3,4). The molecule has 0 atom stereocenters. The SMILES string of the molecule is CNNCc1ccc(C(=O)NC(C)C)cc1.NC(=O)NO. The smallest absolute Gasteiger partial charge is 0.335 e. The van der Waals surface area contributed by atoms with Crippen molar-refractivity contribution in [2.24, 2.45) is 5.73 Å². The number of rotatable bonds is 5. The van der Waals surface area contributed by atoms with Crippen LogP contribution in [0.5, 0.6) is 0 Å². The summed E-state index contributed by atoms with van der Waals surface area (Å²) in [5.74, 6) is -0.0249. The molecule has 0 aliphatic carbocycles. The Bertz CT molecular complexity index is 434. The minimum atomic E-state index is -0.940. The normalized spacial score (nSPS) is 9.57. The van der Waals surface area contributed by atoms with Crippen molar-refractivity contribution >= 4 is 11.9 Å². The topological polar surface area (TPSA) is 129 Å². The van der Waals surface area contributed by atoms with Crippen molar-refractivity contribution in [1.29, 1.82) is 0 Å². The molecule has 0 saturated heterocycles. The average Bonchev–Trinajstić information content (AvgIpc) is 2.45. The molecule has 3 amide bonds. The van der Waals surface area contributed by atoms with Gasteiger partial charge in [0.05, 0.1) is 0 Å². The molecule has 0 bridgehead atoms. The zero-order chi connectivity index (χ0) is 16.3. The quantitative estimate of drug-likeness (QED) is 0.339. The minimum absolute atomic E-state index is 0.0249. The lowest BCUT2D eigenvalue weighted by Crippen LogP contribution is -2.30. The fourth-order valence-electron chi connectivity index (χ4n) is 1.31. The number of benzene rings is 1. The Hall–Kier alpha value is -2.16. The number of carbonyl (C=O) groups is 2. The van der Waals surface area contributed by atoms with Gasteiger partial charge in [-0.1, -0.05) is 12.1 Å². The maximum absolute atomic E-state index is 11.6.